The van der Waals surface area contributed by atoms with E-state index in [1.807, 2.05) is 0 Å². The molecule has 7 nitrogen and oxygen atoms in total. The molecule has 0 spiro atoms. The summed E-state index contributed by atoms with van der Waals surface area (Å²) in [4.78, 5) is 15.7. The molecule has 3 aliphatic rings. The van der Waals surface area contributed by atoms with Crippen molar-refractivity contribution in [2.45, 2.75) is 82.7 Å². The van der Waals surface area contributed by atoms with Gasteiger partial charge in [0.1, 0.15) is 11.6 Å². The number of carbonyl (C=O) groups excluding carboxylic acids is 1. The normalized spacial score (nSPS) is 24.8. The molecule has 0 aromatic heterocycles. The fourth-order valence-electron chi connectivity index (χ4n) is 5.11. The van der Waals surface area contributed by atoms with Crippen molar-refractivity contribution in [2.75, 3.05) is 45.9 Å². The van der Waals surface area contributed by atoms with E-state index in [1.54, 1.807) is 0 Å². The Morgan fingerprint density at radius 1 is 1.17 bits per heavy atom. The third kappa shape index (κ3) is 6.91. The van der Waals surface area contributed by atoms with Crippen LogP contribution >= 0.6 is 0 Å². The van der Waals surface area contributed by atoms with Crippen LogP contribution in [0.1, 0.15) is 71.1 Å². The van der Waals surface area contributed by atoms with Gasteiger partial charge in [-0.3, -0.25) is 4.79 Å². The van der Waals surface area contributed by atoms with Crippen molar-refractivity contribution in [3.05, 3.63) is 0 Å². The molecule has 3 fully saturated rings. The van der Waals surface area contributed by atoms with Crippen LogP contribution in [-0.4, -0.2) is 73.3 Å². The Morgan fingerprint density at radius 2 is 1.87 bits per heavy atom. The van der Waals surface area contributed by atoms with E-state index in [9.17, 15) is 10.1 Å². The molecule has 1 atom stereocenters. The molecular formula is C23H41N5O2. The van der Waals surface area contributed by atoms with Crippen molar-refractivity contribution in [2.24, 2.45) is 5.92 Å². The smallest absolute Gasteiger partial charge is 0.239 e. The van der Waals surface area contributed by atoms with Crippen molar-refractivity contribution < 1.29 is 9.53 Å². The Labute approximate surface area is 182 Å². The van der Waals surface area contributed by atoms with E-state index >= 15 is 0 Å². The first kappa shape index (κ1) is 23.5. The van der Waals surface area contributed by atoms with Gasteiger partial charge in [-0.1, -0.05) is 39.0 Å². The van der Waals surface area contributed by atoms with E-state index in [-0.39, 0.29) is 11.9 Å². The number of carbonyl (C=O) groups is 1. The average Bonchev–Trinajstić information content (AvgIpc) is 2.79. The van der Waals surface area contributed by atoms with E-state index in [1.165, 1.54) is 32.1 Å². The fraction of sp³-hybridized carbons (Fsp3) is 0.913. The van der Waals surface area contributed by atoms with Gasteiger partial charge in [0.2, 0.25) is 5.91 Å². The van der Waals surface area contributed by atoms with Crippen molar-refractivity contribution in [1.29, 1.82) is 5.26 Å². The van der Waals surface area contributed by atoms with Crippen LogP contribution < -0.4 is 10.7 Å². The minimum atomic E-state index is -0.725. The first-order valence-corrected chi connectivity index (χ1v) is 12.2. The van der Waals surface area contributed by atoms with E-state index in [2.05, 4.69) is 33.6 Å². The van der Waals surface area contributed by atoms with Gasteiger partial charge in [0.25, 0.3) is 0 Å². The number of hydrogen-bond donors (Lipinski definition) is 2. The van der Waals surface area contributed by atoms with Crippen LogP contribution in [0.5, 0.6) is 0 Å². The van der Waals surface area contributed by atoms with Gasteiger partial charge < -0.3 is 15.0 Å². The number of morpholine rings is 1. The van der Waals surface area contributed by atoms with Crippen LogP contribution in [-0.2, 0) is 9.53 Å². The summed E-state index contributed by atoms with van der Waals surface area (Å²) in [6, 6.07) is 2.18. The molecule has 170 valence electrons. The van der Waals surface area contributed by atoms with Gasteiger partial charge in [0.05, 0.1) is 19.3 Å². The first-order valence-electron chi connectivity index (χ1n) is 12.2. The maximum absolute atomic E-state index is 13.3. The van der Waals surface area contributed by atoms with Crippen LogP contribution in [0.2, 0.25) is 0 Å². The van der Waals surface area contributed by atoms with Crippen LogP contribution in [0.15, 0.2) is 0 Å². The summed E-state index contributed by atoms with van der Waals surface area (Å²) >= 11 is 0. The molecule has 1 unspecified atom stereocenters. The monoisotopic (exact) mass is 419 g/mol. The molecule has 0 bridgehead atoms. The zero-order valence-corrected chi connectivity index (χ0v) is 18.8. The van der Waals surface area contributed by atoms with Crippen LogP contribution in [0.4, 0.5) is 0 Å². The summed E-state index contributed by atoms with van der Waals surface area (Å²) < 4.78 is 5.45. The summed E-state index contributed by atoms with van der Waals surface area (Å²) in [6.07, 6.45) is 11.0. The van der Waals surface area contributed by atoms with Crippen molar-refractivity contribution in [3.8, 4) is 6.07 Å². The van der Waals surface area contributed by atoms with E-state index in [0.717, 1.165) is 57.9 Å². The third-order valence-electron chi connectivity index (χ3n) is 7.08. The second-order valence-electron chi connectivity index (χ2n) is 9.39. The molecule has 30 heavy (non-hydrogen) atoms. The molecule has 2 saturated heterocycles. The highest BCUT2D eigenvalue weighted by Gasteiger charge is 2.38. The van der Waals surface area contributed by atoms with Crippen molar-refractivity contribution in [1.82, 2.24) is 20.7 Å². The number of likely N-dealkylation sites (tertiary alicyclic amines) is 1. The third-order valence-corrected chi connectivity index (χ3v) is 7.08. The Kier molecular flexibility index (Phi) is 9.38. The summed E-state index contributed by atoms with van der Waals surface area (Å²) in [5.74, 6) is 0.727. The highest BCUT2D eigenvalue weighted by Crippen LogP contribution is 2.28. The molecule has 2 N–H and O–H groups in total. The lowest BCUT2D eigenvalue weighted by Gasteiger charge is -2.39. The molecule has 2 aliphatic heterocycles. The van der Waals surface area contributed by atoms with Gasteiger partial charge in [-0.05, 0) is 44.6 Å². The Hall–Kier alpha value is -1.20. The van der Waals surface area contributed by atoms with Gasteiger partial charge in [0.15, 0.2) is 0 Å². The van der Waals surface area contributed by atoms with E-state index in [4.69, 9.17) is 4.74 Å². The van der Waals surface area contributed by atoms with Crippen molar-refractivity contribution in [3.63, 3.8) is 0 Å². The molecule has 1 saturated carbocycles. The summed E-state index contributed by atoms with van der Waals surface area (Å²) in [6.45, 7) is 7.99. The number of rotatable bonds is 9. The van der Waals surface area contributed by atoms with E-state index < -0.39 is 5.54 Å². The predicted octanol–water partition coefficient (Wildman–Crippen LogP) is 2.44. The van der Waals surface area contributed by atoms with Gasteiger partial charge >= 0.3 is 0 Å². The number of amides is 1. The lowest BCUT2D eigenvalue weighted by Crippen LogP contribution is -2.61. The molecule has 3 rings (SSSR count). The first-order chi connectivity index (χ1) is 14.6. The minimum absolute atomic E-state index is 0.0113. The largest absolute Gasteiger partial charge is 0.379 e. The quantitative estimate of drug-likeness (QED) is 0.597. The number of hydrazine groups is 1. The average molecular weight is 420 g/mol. The maximum atomic E-state index is 13.3. The summed E-state index contributed by atoms with van der Waals surface area (Å²) in [5, 5.41) is 15.2. The van der Waals surface area contributed by atoms with Gasteiger partial charge in [-0.15, -0.1) is 0 Å². The lowest BCUT2D eigenvalue weighted by atomic mass is 9.84. The molecule has 0 radical (unpaired) electrons. The highest BCUT2D eigenvalue weighted by atomic mass is 16.5. The maximum Gasteiger partial charge on any atom is 0.239 e. The number of nitriles is 1. The fourth-order valence-corrected chi connectivity index (χ4v) is 5.11. The molecule has 1 aliphatic carbocycles. The lowest BCUT2D eigenvalue weighted by molar-refractivity contribution is -0.127. The number of hydrogen-bond acceptors (Lipinski definition) is 6. The second kappa shape index (κ2) is 12.0. The molecule has 0 aromatic rings. The summed E-state index contributed by atoms with van der Waals surface area (Å²) in [5.41, 5.74) is 2.75. The van der Waals surface area contributed by atoms with Crippen molar-refractivity contribution >= 4 is 5.91 Å². The molecule has 0 aromatic carbocycles. The molecule has 1 amide bonds. The van der Waals surface area contributed by atoms with Crippen LogP contribution in [0, 0.1) is 17.2 Å². The highest BCUT2D eigenvalue weighted by molar-refractivity contribution is 5.82. The zero-order chi connectivity index (χ0) is 21.2. The number of ether oxygens (including phenoxy) is 1. The number of nitrogens with zero attached hydrogens (tertiary/aromatic N) is 3. The number of piperidine rings is 1. The molecule has 2 heterocycles. The molecular weight excluding hydrogens is 378 g/mol. The predicted molar refractivity (Wildman–Crippen MR) is 118 cm³/mol. The Balaban J connectivity index is 1.58. The Morgan fingerprint density at radius 3 is 2.50 bits per heavy atom. The second-order valence-corrected chi connectivity index (χ2v) is 9.39. The van der Waals surface area contributed by atoms with E-state index in [0.29, 0.717) is 26.1 Å². The van der Waals surface area contributed by atoms with Gasteiger partial charge in [-0.2, -0.15) is 5.26 Å². The zero-order valence-electron chi connectivity index (χ0n) is 18.8. The SMILES string of the molecule is CCCN1CCC(C#N)(NC(=O)C(CCC2CCCCC2)NN2CCOCC2)CC1. The standard InChI is InChI=1S/C23H41N5O2/c1-2-12-27-13-10-23(19-24,11-14-27)25-22(29)21(26-28-15-17-30-18-16-28)9-8-20-6-4-3-5-7-20/h20-21,26H,2-18H2,1H3,(H,25,29). The van der Waals surface area contributed by atoms with Gasteiger partial charge in [0, 0.05) is 26.2 Å². The van der Waals surface area contributed by atoms with Crippen LogP contribution in [0.25, 0.3) is 0 Å². The Bertz CT molecular complexity index is 558. The van der Waals surface area contributed by atoms with Crippen LogP contribution in [0.3, 0.4) is 0 Å². The number of nitrogens with one attached hydrogen (secondary N) is 2. The topological polar surface area (TPSA) is 80.6 Å². The molecule has 7 heteroatoms. The summed E-state index contributed by atoms with van der Waals surface area (Å²) in [7, 11) is 0. The minimum Gasteiger partial charge on any atom is -0.379 e. The van der Waals surface area contributed by atoms with Gasteiger partial charge in [-0.25, -0.2) is 10.4 Å².